The van der Waals surface area contributed by atoms with Gasteiger partial charge in [-0.15, -0.1) is 0 Å². The molecule has 0 saturated heterocycles. The van der Waals surface area contributed by atoms with E-state index >= 15 is 0 Å². The van der Waals surface area contributed by atoms with Crippen molar-refractivity contribution in [3.8, 4) is 11.3 Å². The van der Waals surface area contributed by atoms with Crippen LogP contribution in [0, 0.1) is 12.7 Å². The third-order valence-electron chi connectivity index (χ3n) is 5.12. The zero-order chi connectivity index (χ0) is 23.3. The van der Waals surface area contributed by atoms with E-state index in [1.807, 2.05) is 13.0 Å². The molecule has 3 aromatic rings. The molecule has 2 N–H and O–H groups in total. The monoisotopic (exact) mass is 458 g/mol. The van der Waals surface area contributed by atoms with Gasteiger partial charge in [0.25, 0.3) is 0 Å². The molecule has 1 heterocycles. The minimum atomic E-state index is -3.78. The van der Waals surface area contributed by atoms with E-state index in [2.05, 4.69) is 14.9 Å². The number of nitrogens with zero attached hydrogens (tertiary/aromatic N) is 2. The summed E-state index contributed by atoms with van der Waals surface area (Å²) in [7, 11) is -2.13. The molecule has 0 aliphatic rings. The molecule has 0 saturated carbocycles. The van der Waals surface area contributed by atoms with Crippen molar-refractivity contribution in [1.29, 1.82) is 0 Å². The highest BCUT2D eigenvalue weighted by Gasteiger charge is 2.24. The van der Waals surface area contributed by atoms with Crippen molar-refractivity contribution in [3.63, 3.8) is 0 Å². The van der Waals surface area contributed by atoms with Gasteiger partial charge in [-0.05, 0) is 69.2 Å². The first-order valence-corrected chi connectivity index (χ1v) is 11.8. The molecule has 2 aromatic carbocycles. The molecule has 0 radical (unpaired) electrons. The van der Waals surface area contributed by atoms with Gasteiger partial charge in [-0.3, -0.25) is 9.89 Å². The average molecular weight is 459 g/mol. The van der Waals surface area contributed by atoms with Crippen LogP contribution < -0.4 is 4.72 Å². The Balaban J connectivity index is 1.50. The van der Waals surface area contributed by atoms with Crippen LogP contribution in [0.3, 0.4) is 0 Å². The highest BCUT2D eigenvalue weighted by Crippen LogP contribution is 2.18. The second-order valence-electron chi connectivity index (χ2n) is 7.80. The number of amides is 1. The number of halogens is 1. The maximum absolute atomic E-state index is 13.1. The Kier molecular flexibility index (Phi) is 7.42. The fourth-order valence-electron chi connectivity index (χ4n) is 3.27. The van der Waals surface area contributed by atoms with Crippen LogP contribution in [0.2, 0.25) is 0 Å². The predicted octanol–water partition coefficient (Wildman–Crippen LogP) is 3.28. The number of hydrogen-bond donors (Lipinski definition) is 2. The second-order valence-corrected chi connectivity index (χ2v) is 9.52. The van der Waals surface area contributed by atoms with Crippen LogP contribution in [-0.4, -0.2) is 49.1 Å². The summed E-state index contributed by atoms with van der Waals surface area (Å²) in [6, 6.07) is 13.6. The third-order valence-corrected chi connectivity index (χ3v) is 6.68. The van der Waals surface area contributed by atoms with Crippen LogP contribution >= 0.6 is 0 Å². The summed E-state index contributed by atoms with van der Waals surface area (Å²) in [4.78, 5) is 14.3. The Morgan fingerprint density at radius 1 is 1.16 bits per heavy atom. The molecule has 1 amide bonds. The number of aryl methyl sites for hydroxylation is 2. The minimum absolute atomic E-state index is 0.126. The summed E-state index contributed by atoms with van der Waals surface area (Å²) in [5.74, 6) is -0.607. The first-order valence-electron chi connectivity index (χ1n) is 10.3. The molecule has 0 aliphatic heterocycles. The van der Waals surface area contributed by atoms with Crippen LogP contribution in [-0.2, 0) is 21.2 Å². The van der Waals surface area contributed by atoms with E-state index in [1.54, 1.807) is 31.3 Å². The fourth-order valence-corrected chi connectivity index (χ4v) is 4.47. The maximum Gasteiger partial charge on any atom is 0.241 e. The Morgan fingerprint density at radius 3 is 2.47 bits per heavy atom. The number of sulfonamides is 1. The normalized spacial score (nSPS) is 12.5. The molecule has 0 unspecified atom stereocenters. The average Bonchev–Trinajstić information content (AvgIpc) is 3.22. The predicted molar refractivity (Wildman–Crippen MR) is 121 cm³/mol. The van der Waals surface area contributed by atoms with Crippen molar-refractivity contribution in [1.82, 2.24) is 19.8 Å². The van der Waals surface area contributed by atoms with Gasteiger partial charge in [0, 0.05) is 24.8 Å². The largest absolute Gasteiger partial charge is 0.344 e. The topological polar surface area (TPSA) is 95.2 Å². The number of aromatic amines is 1. The third kappa shape index (κ3) is 6.02. The second kappa shape index (κ2) is 10.1. The summed E-state index contributed by atoms with van der Waals surface area (Å²) in [5, 5.41) is 7.21. The molecular weight excluding hydrogens is 431 g/mol. The zero-order valence-corrected chi connectivity index (χ0v) is 19.1. The Hall–Kier alpha value is -3.04. The van der Waals surface area contributed by atoms with Crippen LogP contribution in [0.5, 0.6) is 0 Å². The number of hydrogen-bond acceptors (Lipinski definition) is 4. The quantitative estimate of drug-likeness (QED) is 0.514. The molecule has 1 aromatic heterocycles. The lowest BCUT2D eigenvalue weighted by Crippen LogP contribution is -2.45. The van der Waals surface area contributed by atoms with Crippen molar-refractivity contribution in [2.75, 3.05) is 13.6 Å². The Morgan fingerprint density at radius 2 is 1.81 bits per heavy atom. The Bertz CT molecular complexity index is 1160. The number of benzene rings is 2. The summed E-state index contributed by atoms with van der Waals surface area (Å²) in [6.45, 7) is 3.87. The lowest BCUT2D eigenvalue weighted by molar-refractivity contribution is -0.131. The molecule has 32 heavy (non-hydrogen) atoms. The van der Waals surface area contributed by atoms with E-state index in [9.17, 15) is 17.6 Å². The number of aromatic nitrogens is 2. The maximum atomic E-state index is 13.1. The van der Waals surface area contributed by atoms with Crippen molar-refractivity contribution in [2.45, 2.75) is 37.6 Å². The van der Waals surface area contributed by atoms with Gasteiger partial charge in [-0.1, -0.05) is 17.7 Å². The van der Waals surface area contributed by atoms with Gasteiger partial charge >= 0.3 is 0 Å². The smallest absolute Gasteiger partial charge is 0.241 e. The highest BCUT2D eigenvalue weighted by molar-refractivity contribution is 7.89. The molecule has 1 atom stereocenters. The van der Waals surface area contributed by atoms with E-state index < -0.39 is 16.1 Å². The number of carbonyl (C=O) groups is 1. The van der Waals surface area contributed by atoms with Gasteiger partial charge in [-0.2, -0.15) is 9.82 Å². The van der Waals surface area contributed by atoms with Crippen molar-refractivity contribution < 1.29 is 17.6 Å². The lowest BCUT2D eigenvalue weighted by Gasteiger charge is -2.22. The van der Waals surface area contributed by atoms with E-state index in [-0.39, 0.29) is 16.6 Å². The summed E-state index contributed by atoms with van der Waals surface area (Å²) in [5.41, 5.74) is 3.40. The SMILES string of the molecule is Cc1ccc(S(=O)(=O)N[C@@H](C)C(=O)N(C)CCCc2cc(-c3ccc(F)cc3)n[nH]2)cc1. The first-order chi connectivity index (χ1) is 15.2. The summed E-state index contributed by atoms with van der Waals surface area (Å²) in [6.07, 6.45) is 1.33. The van der Waals surface area contributed by atoms with E-state index in [0.717, 1.165) is 22.5 Å². The van der Waals surface area contributed by atoms with Gasteiger partial charge in [0.05, 0.1) is 16.6 Å². The molecule has 0 bridgehead atoms. The molecule has 0 spiro atoms. The number of rotatable bonds is 9. The summed E-state index contributed by atoms with van der Waals surface area (Å²) >= 11 is 0. The van der Waals surface area contributed by atoms with Gasteiger partial charge in [0.2, 0.25) is 15.9 Å². The minimum Gasteiger partial charge on any atom is -0.344 e. The molecule has 170 valence electrons. The van der Waals surface area contributed by atoms with Gasteiger partial charge in [-0.25, -0.2) is 12.8 Å². The van der Waals surface area contributed by atoms with Gasteiger partial charge < -0.3 is 4.90 Å². The molecule has 9 heteroatoms. The van der Waals surface area contributed by atoms with Crippen molar-refractivity contribution in [3.05, 3.63) is 71.7 Å². The van der Waals surface area contributed by atoms with E-state index in [0.29, 0.717) is 19.4 Å². The van der Waals surface area contributed by atoms with E-state index in [4.69, 9.17) is 0 Å². The molecule has 7 nitrogen and oxygen atoms in total. The molecular formula is C23H27FN4O3S. The van der Waals surface area contributed by atoms with Crippen LogP contribution in [0.25, 0.3) is 11.3 Å². The van der Waals surface area contributed by atoms with Crippen LogP contribution in [0.1, 0.15) is 24.6 Å². The molecule has 0 aliphatic carbocycles. The number of nitrogens with one attached hydrogen (secondary N) is 2. The number of H-pyrrole nitrogens is 1. The van der Waals surface area contributed by atoms with Crippen LogP contribution in [0.15, 0.2) is 59.5 Å². The number of carbonyl (C=O) groups excluding carboxylic acids is 1. The Labute approximate surface area is 187 Å². The van der Waals surface area contributed by atoms with Crippen LogP contribution in [0.4, 0.5) is 4.39 Å². The van der Waals surface area contributed by atoms with Gasteiger partial charge in [0.15, 0.2) is 0 Å². The first kappa shape index (κ1) is 23.6. The summed E-state index contributed by atoms with van der Waals surface area (Å²) < 4.78 is 40.5. The fraction of sp³-hybridized carbons (Fsp3) is 0.304. The molecule has 3 rings (SSSR count). The molecule has 0 fully saturated rings. The standard InChI is InChI=1S/C23H27FN4O3S/c1-16-6-12-21(13-7-16)32(30,31)27-17(2)23(29)28(3)14-4-5-20-15-22(26-25-20)18-8-10-19(24)11-9-18/h6-13,15,17,27H,4-5,14H2,1-3H3,(H,25,26)/t17-/m0/s1. The van der Waals surface area contributed by atoms with Crippen molar-refractivity contribution in [2.24, 2.45) is 0 Å². The lowest BCUT2D eigenvalue weighted by atomic mass is 10.1. The van der Waals surface area contributed by atoms with Gasteiger partial charge in [0.1, 0.15) is 5.82 Å². The highest BCUT2D eigenvalue weighted by atomic mass is 32.2. The number of likely N-dealkylation sites (N-methyl/N-ethyl adjacent to an activating group) is 1. The zero-order valence-electron chi connectivity index (χ0n) is 18.3. The van der Waals surface area contributed by atoms with Crippen molar-refractivity contribution >= 4 is 15.9 Å². The van der Waals surface area contributed by atoms with E-state index in [1.165, 1.54) is 36.1 Å².